The number of nitrogens with zero attached hydrogens (tertiary/aromatic N) is 5. The van der Waals surface area contributed by atoms with Crippen LogP contribution in [0.5, 0.6) is 0 Å². The van der Waals surface area contributed by atoms with Gasteiger partial charge in [0.2, 0.25) is 4.77 Å². The van der Waals surface area contributed by atoms with E-state index in [0.29, 0.717) is 0 Å². The van der Waals surface area contributed by atoms with Crippen molar-refractivity contribution < 1.29 is 0 Å². The second-order valence-corrected chi connectivity index (χ2v) is 7.83. The molecule has 0 spiro atoms. The third kappa shape index (κ3) is 3.62. The van der Waals surface area contributed by atoms with Crippen molar-refractivity contribution in [2.75, 3.05) is 31.1 Å². The zero-order valence-corrected chi connectivity index (χ0v) is 17.6. The summed E-state index contributed by atoms with van der Waals surface area (Å²) >= 11 is 5.72. The number of rotatable bonds is 4. The molecule has 0 aliphatic carbocycles. The van der Waals surface area contributed by atoms with Gasteiger partial charge in [-0.15, -0.1) is 0 Å². The SMILES string of the molecule is Cc1cccc(N2CCN(Cn3nc(C)n(-c4ccccc4)c3=S)CC2)c1C. The van der Waals surface area contributed by atoms with Crippen LogP contribution in [0.25, 0.3) is 5.69 Å². The summed E-state index contributed by atoms with van der Waals surface area (Å²) in [6.45, 7) is 11.2. The van der Waals surface area contributed by atoms with E-state index in [9.17, 15) is 0 Å². The number of anilines is 1. The number of piperazine rings is 1. The predicted molar refractivity (Wildman–Crippen MR) is 117 cm³/mol. The molecular weight excluding hydrogens is 366 g/mol. The van der Waals surface area contributed by atoms with E-state index in [0.717, 1.165) is 49.1 Å². The second-order valence-electron chi connectivity index (χ2n) is 7.47. The summed E-state index contributed by atoms with van der Waals surface area (Å²) in [5.74, 6) is 0.922. The van der Waals surface area contributed by atoms with Gasteiger partial charge >= 0.3 is 0 Å². The molecule has 0 saturated carbocycles. The topological polar surface area (TPSA) is 29.2 Å². The molecule has 28 heavy (non-hydrogen) atoms. The molecule has 1 saturated heterocycles. The molecule has 1 aliphatic heterocycles. The highest BCUT2D eigenvalue weighted by Crippen LogP contribution is 2.24. The van der Waals surface area contributed by atoms with Gasteiger partial charge in [-0.25, -0.2) is 4.68 Å². The maximum absolute atomic E-state index is 5.72. The van der Waals surface area contributed by atoms with Crippen molar-refractivity contribution in [1.29, 1.82) is 0 Å². The van der Waals surface area contributed by atoms with E-state index in [1.54, 1.807) is 0 Å². The molecule has 2 aromatic carbocycles. The average molecular weight is 394 g/mol. The largest absolute Gasteiger partial charge is 0.369 e. The molecule has 0 radical (unpaired) electrons. The Hall–Kier alpha value is -2.44. The smallest absolute Gasteiger partial charge is 0.203 e. The molecule has 4 rings (SSSR count). The Labute approximate surface area is 171 Å². The summed E-state index contributed by atoms with van der Waals surface area (Å²) in [6, 6.07) is 16.8. The van der Waals surface area contributed by atoms with Crippen LogP contribution in [0.15, 0.2) is 48.5 Å². The van der Waals surface area contributed by atoms with E-state index in [1.165, 1.54) is 16.8 Å². The van der Waals surface area contributed by atoms with Crippen LogP contribution in [0.4, 0.5) is 5.69 Å². The Morgan fingerprint density at radius 3 is 2.32 bits per heavy atom. The van der Waals surface area contributed by atoms with Crippen LogP contribution in [0.3, 0.4) is 0 Å². The van der Waals surface area contributed by atoms with Crippen molar-refractivity contribution in [2.45, 2.75) is 27.4 Å². The number of para-hydroxylation sites is 1. The molecule has 0 bridgehead atoms. The van der Waals surface area contributed by atoms with Gasteiger partial charge in [0.05, 0.1) is 6.67 Å². The zero-order chi connectivity index (χ0) is 19.7. The molecule has 1 fully saturated rings. The van der Waals surface area contributed by atoms with Gasteiger partial charge < -0.3 is 4.90 Å². The summed E-state index contributed by atoms with van der Waals surface area (Å²) in [6.07, 6.45) is 0. The average Bonchev–Trinajstić information content (AvgIpc) is 2.98. The molecule has 0 unspecified atom stereocenters. The first-order valence-electron chi connectivity index (χ1n) is 9.80. The lowest BCUT2D eigenvalue weighted by molar-refractivity contribution is 0.194. The van der Waals surface area contributed by atoms with Gasteiger partial charge in [-0.1, -0.05) is 30.3 Å². The van der Waals surface area contributed by atoms with Gasteiger partial charge in [0.15, 0.2) is 0 Å². The van der Waals surface area contributed by atoms with Gasteiger partial charge in [-0.2, -0.15) is 5.10 Å². The quantitative estimate of drug-likeness (QED) is 0.624. The number of aromatic nitrogens is 3. The van der Waals surface area contributed by atoms with Crippen LogP contribution in [-0.4, -0.2) is 45.4 Å². The summed E-state index contributed by atoms with van der Waals surface area (Å²) in [5.41, 5.74) is 5.17. The van der Waals surface area contributed by atoms with Crippen LogP contribution in [0.1, 0.15) is 17.0 Å². The lowest BCUT2D eigenvalue weighted by Crippen LogP contribution is -2.47. The van der Waals surface area contributed by atoms with Gasteiger partial charge in [-0.05, 0) is 62.3 Å². The maximum Gasteiger partial charge on any atom is 0.203 e. The van der Waals surface area contributed by atoms with E-state index in [-0.39, 0.29) is 0 Å². The number of hydrogen-bond donors (Lipinski definition) is 0. The lowest BCUT2D eigenvalue weighted by atomic mass is 10.1. The molecule has 1 aromatic heterocycles. The molecule has 3 aromatic rings. The van der Waals surface area contributed by atoms with Gasteiger partial charge in [0.25, 0.3) is 0 Å². The highest BCUT2D eigenvalue weighted by Gasteiger charge is 2.20. The van der Waals surface area contributed by atoms with Crippen LogP contribution < -0.4 is 4.90 Å². The monoisotopic (exact) mass is 393 g/mol. The van der Waals surface area contributed by atoms with E-state index in [1.807, 2.05) is 34.4 Å². The van der Waals surface area contributed by atoms with Crippen LogP contribution in [0, 0.1) is 25.5 Å². The fraction of sp³-hybridized carbons (Fsp3) is 0.364. The van der Waals surface area contributed by atoms with Crippen LogP contribution in [0.2, 0.25) is 0 Å². The molecule has 2 heterocycles. The first-order chi connectivity index (χ1) is 13.5. The maximum atomic E-state index is 5.72. The third-order valence-corrected chi connectivity index (χ3v) is 6.03. The van der Waals surface area contributed by atoms with Gasteiger partial charge in [-0.3, -0.25) is 9.47 Å². The third-order valence-electron chi connectivity index (χ3n) is 5.64. The first kappa shape index (κ1) is 18.9. The highest BCUT2D eigenvalue weighted by molar-refractivity contribution is 7.71. The summed E-state index contributed by atoms with van der Waals surface area (Å²) in [7, 11) is 0. The van der Waals surface area contributed by atoms with Crippen molar-refractivity contribution >= 4 is 17.9 Å². The van der Waals surface area contributed by atoms with Crippen molar-refractivity contribution in [1.82, 2.24) is 19.2 Å². The normalized spacial score (nSPS) is 15.2. The summed E-state index contributed by atoms with van der Waals surface area (Å²) in [5, 5.41) is 4.70. The van der Waals surface area contributed by atoms with Crippen molar-refractivity contribution in [3.63, 3.8) is 0 Å². The molecule has 146 valence electrons. The zero-order valence-electron chi connectivity index (χ0n) is 16.8. The highest BCUT2D eigenvalue weighted by atomic mass is 32.1. The molecular formula is C22H27N5S. The Bertz CT molecular complexity index is 1010. The minimum atomic E-state index is 0.736. The molecule has 0 N–H and O–H groups in total. The van der Waals surface area contributed by atoms with Crippen LogP contribution in [-0.2, 0) is 6.67 Å². The Morgan fingerprint density at radius 2 is 1.61 bits per heavy atom. The van der Waals surface area contributed by atoms with E-state index in [4.69, 9.17) is 17.3 Å². The van der Waals surface area contributed by atoms with Crippen LogP contribution >= 0.6 is 12.2 Å². The predicted octanol–water partition coefficient (Wildman–Crippen LogP) is 4.11. The summed E-state index contributed by atoms with van der Waals surface area (Å²) in [4.78, 5) is 4.92. The van der Waals surface area contributed by atoms with E-state index < -0.39 is 0 Å². The molecule has 0 amide bonds. The van der Waals surface area contributed by atoms with E-state index >= 15 is 0 Å². The van der Waals surface area contributed by atoms with Gasteiger partial charge in [0.1, 0.15) is 5.82 Å². The Morgan fingerprint density at radius 1 is 0.893 bits per heavy atom. The first-order valence-corrected chi connectivity index (χ1v) is 10.2. The molecule has 6 heteroatoms. The number of hydrogen-bond acceptors (Lipinski definition) is 4. The van der Waals surface area contributed by atoms with Gasteiger partial charge in [0, 0.05) is 37.6 Å². The van der Waals surface area contributed by atoms with Crippen molar-refractivity contribution in [3.05, 3.63) is 70.3 Å². The van der Waals surface area contributed by atoms with Crippen molar-refractivity contribution in [2.24, 2.45) is 0 Å². The van der Waals surface area contributed by atoms with Crippen molar-refractivity contribution in [3.8, 4) is 5.69 Å². The number of benzene rings is 2. The Kier molecular flexibility index (Phi) is 5.33. The Balaban J connectivity index is 1.46. The fourth-order valence-electron chi connectivity index (χ4n) is 3.88. The molecule has 0 atom stereocenters. The molecule has 5 nitrogen and oxygen atoms in total. The number of aryl methyl sites for hydroxylation is 2. The fourth-order valence-corrected chi connectivity index (χ4v) is 4.22. The lowest BCUT2D eigenvalue weighted by Gasteiger charge is -2.36. The second kappa shape index (κ2) is 7.89. The molecule has 1 aliphatic rings. The summed E-state index contributed by atoms with van der Waals surface area (Å²) < 4.78 is 4.74. The minimum Gasteiger partial charge on any atom is -0.369 e. The standard InChI is InChI=1S/C22H27N5S/c1-17-8-7-11-21(18(17)2)25-14-12-24(13-15-25)16-26-22(28)27(19(3)23-26)20-9-5-4-6-10-20/h4-11H,12-16H2,1-3H3. The minimum absolute atomic E-state index is 0.736. The van der Waals surface area contributed by atoms with E-state index in [2.05, 4.69) is 54.0 Å².